The molecule has 1 aromatic heterocycles. The van der Waals surface area contributed by atoms with Gasteiger partial charge in [0.2, 0.25) is 0 Å². The summed E-state index contributed by atoms with van der Waals surface area (Å²) >= 11 is 0. The average molecular weight is 125 g/mol. The van der Waals surface area contributed by atoms with Crippen molar-refractivity contribution in [2.45, 2.75) is 26.3 Å². The first-order valence-electron chi connectivity index (χ1n) is 3.82. The number of rotatable bonds is 3. The zero-order chi connectivity index (χ0) is 7.40. The van der Waals surface area contributed by atoms with Crippen LogP contribution in [0.15, 0.2) is 18.7 Å². The van der Waals surface area contributed by atoms with Crippen LogP contribution in [0.5, 0.6) is 0 Å². The van der Waals surface area contributed by atoms with Crippen molar-refractivity contribution in [1.29, 1.82) is 0 Å². The molecule has 0 radical (unpaired) electrons. The van der Waals surface area contributed by atoms with E-state index in [1.54, 1.807) is 6.20 Å². The van der Waals surface area contributed by atoms with Gasteiger partial charge in [-0.15, -0.1) is 0 Å². The monoisotopic (exact) mass is 125 g/mol. The van der Waals surface area contributed by atoms with Gasteiger partial charge >= 0.3 is 0 Å². The molecule has 0 saturated carbocycles. The Kier molecular flexibility index (Phi) is 1.83. The van der Waals surface area contributed by atoms with Gasteiger partial charge in [-0.1, -0.05) is 13.3 Å². The summed E-state index contributed by atoms with van der Waals surface area (Å²) in [7, 11) is 0. The fourth-order valence-corrected chi connectivity index (χ4v) is 0.708. The van der Waals surface area contributed by atoms with Crippen LogP contribution < -0.4 is 0 Å². The molecule has 0 spiro atoms. The number of aromatic nitrogens is 2. The maximum Gasteiger partial charge on any atom is 0.104 e. The van der Waals surface area contributed by atoms with Gasteiger partial charge in [0.25, 0.3) is 0 Å². The summed E-state index contributed by atoms with van der Waals surface area (Å²) < 4.78 is 9.13. The Labute approximate surface area is 56.9 Å². The lowest BCUT2D eigenvalue weighted by Crippen LogP contribution is -1.92. The average Bonchev–Trinajstić information content (AvgIpc) is 2.31. The van der Waals surface area contributed by atoms with Gasteiger partial charge in [0, 0.05) is 18.9 Å². The highest BCUT2D eigenvalue weighted by molar-refractivity contribution is 4.73. The molecule has 2 heteroatoms. The molecule has 0 N–H and O–H groups in total. The predicted molar refractivity (Wildman–Crippen MR) is 37.1 cm³/mol. The van der Waals surface area contributed by atoms with Crippen molar-refractivity contribution < 1.29 is 1.37 Å². The zero-order valence-electron chi connectivity index (χ0n) is 6.67. The van der Waals surface area contributed by atoms with Gasteiger partial charge in [0.05, 0.1) is 6.30 Å². The molecule has 0 bridgehead atoms. The SMILES string of the molecule is [2H]c1nccn1CCCC. The molecule has 1 rings (SSSR count). The van der Waals surface area contributed by atoms with E-state index in [4.69, 9.17) is 1.37 Å². The fraction of sp³-hybridized carbons (Fsp3) is 0.571. The number of unbranched alkanes of at least 4 members (excludes halogenated alkanes) is 1. The Balaban J connectivity index is 2.49. The van der Waals surface area contributed by atoms with Crippen LogP contribution in [-0.2, 0) is 6.54 Å². The summed E-state index contributed by atoms with van der Waals surface area (Å²) in [4.78, 5) is 3.80. The lowest BCUT2D eigenvalue weighted by Gasteiger charge is -1.96. The van der Waals surface area contributed by atoms with E-state index in [-0.39, 0.29) is 0 Å². The van der Waals surface area contributed by atoms with Crippen LogP contribution in [0.1, 0.15) is 21.1 Å². The Morgan fingerprint density at radius 2 is 2.67 bits per heavy atom. The highest BCUT2D eigenvalue weighted by Gasteiger charge is 1.85. The third kappa shape index (κ3) is 1.88. The van der Waals surface area contributed by atoms with Crippen LogP contribution in [0, 0.1) is 0 Å². The minimum absolute atomic E-state index is 0.369. The van der Waals surface area contributed by atoms with Crippen molar-refractivity contribution in [2.24, 2.45) is 0 Å². The topological polar surface area (TPSA) is 17.8 Å². The van der Waals surface area contributed by atoms with Crippen molar-refractivity contribution in [3.05, 3.63) is 18.7 Å². The summed E-state index contributed by atoms with van der Waals surface area (Å²) in [5.41, 5.74) is 0. The van der Waals surface area contributed by atoms with E-state index in [1.807, 2.05) is 10.8 Å². The molecule has 0 aliphatic heterocycles. The molecule has 1 aromatic rings. The van der Waals surface area contributed by atoms with Gasteiger partial charge in [0.1, 0.15) is 1.37 Å². The largest absolute Gasteiger partial charge is 0.337 e. The summed E-state index contributed by atoms with van der Waals surface area (Å²) in [6, 6.07) is 0. The lowest BCUT2D eigenvalue weighted by molar-refractivity contribution is 0.631. The van der Waals surface area contributed by atoms with Crippen LogP contribution >= 0.6 is 0 Å². The summed E-state index contributed by atoms with van der Waals surface area (Å²) in [6.45, 7) is 3.07. The van der Waals surface area contributed by atoms with Gasteiger partial charge < -0.3 is 4.57 Å². The molecule has 0 aromatic carbocycles. The van der Waals surface area contributed by atoms with Gasteiger partial charge in [-0.3, -0.25) is 0 Å². The molecule has 0 amide bonds. The van der Waals surface area contributed by atoms with Crippen molar-refractivity contribution in [1.82, 2.24) is 9.55 Å². The lowest BCUT2D eigenvalue weighted by atomic mass is 10.3. The van der Waals surface area contributed by atoms with E-state index in [2.05, 4.69) is 11.9 Å². The van der Waals surface area contributed by atoms with Crippen LogP contribution in [0.3, 0.4) is 0 Å². The summed E-state index contributed by atoms with van der Waals surface area (Å²) in [5.74, 6) is 0. The molecule has 0 atom stereocenters. The van der Waals surface area contributed by atoms with Crippen molar-refractivity contribution >= 4 is 0 Å². The first kappa shape index (κ1) is 5.03. The minimum Gasteiger partial charge on any atom is -0.337 e. The van der Waals surface area contributed by atoms with E-state index >= 15 is 0 Å². The Hall–Kier alpha value is -0.790. The zero-order valence-corrected chi connectivity index (χ0v) is 5.67. The summed E-state index contributed by atoms with van der Waals surface area (Å²) in [5, 5.41) is 0. The van der Waals surface area contributed by atoms with Crippen LogP contribution in [0.2, 0.25) is 0 Å². The molecule has 0 aliphatic rings. The molecular formula is C7H12N2. The second kappa shape index (κ2) is 3.28. The van der Waals surface area contributed by atoms with Crippen molar-refractivity contribution in [3.8, 4) is 0 Å². The van der Waals surface area contributed by atoms with Gasteiger partial charge in [-0.2, -0.15) is 0 Å². The molecule has 0 unspecified atom stereocenters. The third-order valence-electron chi connectivity index (χ3n) is 1.26. The minimum atomic E-state index is 0.369. The van der Waals surface area contributed by atoms with Crippen LogP contribution in [-0.4, -0.2) is 9.55 Å². The van der Waals surface area contributed by atoms with E-state index in [1.165, 1.54) is 0 Å². The smallest absolute Gasteiger partial charge is 0.104 e. The maximum absolute atomic E-state index is 7.28. The number of hydrogen-bond acceptors (Lipinski definition) is 1. The molecule has 0 fully saturated rings. The quantitative estimate of drug-likeness (QED) is 0.601. The van der Waals surface area contributed by atoms with Gasteiger partial charge in [-0.05, 0) is 6.42 Å². The maximum atomic E-state index is 7.28. The molecule has 0 saturated heterocycles. The molecule has 1 heterocycles. The Bertz CT molecular complexity index is 195. The second-order valence-electron chi connectivity index (χ2n) is 2.07. The highest BCUT2D eigenvalue weighted by atomic mass is 15.0. The van der Waals surface area contributed by atoms with Crippen molar-refractivity contribution in [2.75, 3.05) is 0 Å². The molecule has 2 nitrogen and oxygen atoms in total. The standard InChI is InChI=1S/C7H12N2/c1-2-3-5-9-6-4-8-7-9/h4,6-7H,2-3,5H2,1H3/i7D. The van der Waals surface area contributed by atoms with E-state index in [0.717, 1.165) is 19.4 Å². The van der Waals surface area contributed by atoms with E-state index in [0.29, 0.717) is 6.30 Å². The van der Waals surface area contributed by atoms with Gasteiger partial charge in [-0.25, -0.2) is 4.98 Å². The molecule has 9 heavy (non-hydrogen) atoms. The van der Waals surface area contributed by atoms with E-state index < -0.39 is 0 Å². The molecule has 50 valence electrons. The first-order chi connectivity index (χ1) is 4.84. The normalized spacial score (nSPS) is 11.4. The van der Waals surface area contributed by atoms with Crippen LogP contribution in [0.25, 0.3) is 0 Å². The number of imidazole rings is 1. The summed E-state index contributed by atoms with van der Waals surface area (Å²) in [6.07, 6.45) is 6.17. The molecular weight excluding hydrogens is 112 g/mol. The third-order valence-corrected chi connectivity index (χ3v) is 1.26. The van der Waals surface area contributed by atoms with Crippen molar-refractivity contribution in [3.63, 3.8) is 0 Å². The predicted octanol–water partition coefficient (Wildman–Crippen LogP) is 1.68. The van der Waals surface area contributed by atoms with Crippen LogP contribution in [0.4, 0.5) is 0 Å². The fourth-order valence-electron chi connectivity index (χ4n) is 0.708. The Morgan fingerprint density at radius 3 is 3.22 bits per heavy atom. The second-order valence-corrected chi connectivity index (χ2v) is 2.07. The number of hydrogen-bond donors (Lipinski definition) is 0. The van der Waals surface area contributed by atoms with E-state index in [9.17, 15) is 0 Å². The highest BCUT2D eigenvalue weighted by Crippen LogP contribution is 1.92. The number of nitrogens with zero attached hydrogens (tertiary/aromatic N) is 2. The molecule has 0 aliphatic carbocycles. The van der Waals surface area contributed by atoms with Gasteiger partial charge in [0.15, 0.2) is 0 Å². The number of aryl methyl sites for hydroxylation is 1. The Morgan fingerprint density at radius 1 is 1.78 bits per heavy atom. The first-order valence-corrected chi connectivity index (χ1v) is 3.32.